The maximum Gasteiger partial charge on any atom is 0.293 e. The maximum absolute atomic E-state index is 11.3. The van der Waals surface area contributed by atoms with Gasteiger partial charge in [-0.05, 0) is 5.92 Å². The third kappa shape index (κ3) is 1.24. The first-order valence-electron chi connectivity index (χ1n) is 4.26. The van der Waals surface area contributed by atoms with Crippen LogP contribution in [0.5, 0.6) is 0 Å². The van der Waals surface area contributed by atoms with Gasteiger partial charge in [-0.1, -0.05) is 19.1 Å². The Kier molecular flexibility index (Phi) is 1.95. The lowest BCUT2D eigenvalue weighted by Gasteiger charge is -2.04. The number of rotatable bonds is 1. The molecule has 2 aromatic rings. The number of fused-ring (bicyclic) bond motifs is 1. The van der Waals surface area contributed by atoms with Crippen LogP contribution < -0.4 is 5.56 Å². The van der Waals surface area contributed by atoms with Crippen molar-refractivity contribution >= 4 is 11.0 Å². The summed E-state index contributed by atoms with van der Waals surface area (Å²) in [5, 5.41) is 9.55. The van der Waals surface area contributed by atoms with Crippen LogP contribution in [0.15, 0.2) is 11.1 Å². The molecule has 0 saturated heterocycles. The van der Waals surface area contributed by atoms with E-state index in [0.717, 1.165) is 5.69 Å². The zero-order valence-corrected chi connectivity index (χ0v) is 7.85. The standard InChI is InChI=1S/C8H9N5O/c1-4(2)5-6-7(10-3-9-5)8(14)12-13-11-6/h3-4H,1-2H3,(H,11,12,14). The molecule has 1 N–H and O–H groups in total. The minimum Gasteiger partial charge on any atom is -0.265 e. The van der Waals surface area contributed by atoms with E-state index in [9.17, 15) is 4.79 Å². The van der Waals surface area contributed by atoms with E-state index in [2.05, 4.69) is 25.4 Å². The maximum atomic E-state index is 11.3. The summed E-state index contributed by atoms with van der Waals surface area (Å²) in [6, 6.07) is 0. The lowest BCUT2D eigenvalue weighted by molar-refractivity contribution is 0.800. The van der Waals surface area contributed by atoms with Gasteiger partial charge in [-0.15, -0.1) is 5.10 Å². The second-order valence-corrected chi connectivity index (χ2v) is 3.25. The highest BCUT2D eigenvalue weighted by molar-refractivity contribution is 5.74. The summed E-state index contributed by atoms with van der Waals surface area (Å²) in [5.74, 6) is 0.191. The number of hydrogen-bond donors (Lipinski definition) is 1. The number of hydrogen-bond acceptors (Lipinski definition) is 5. The number of aromatic amines is 1. The molecule has 6 heteroatoms. The van der Waals surface area contributed by atoms with Gasteiger partial charge in [0.05, 0.1) is 5.69 Å². The molecule has 0 aromatic carbocycles. The molecule has 0 radical (unpaired) electrons. The predicted octanol–water partition coefficient (Wildman–Crippen LogP) is 0.231. The first kappa shape index (κ1) is 8.74. The Bertz CT molecular complexity index is 518. The summed E-state index contributed by atoms with van der Waals surface area (Å²) < 4.78 is 0. The molecule has 0 unspecified atom stereocenters. The van der Waals surface area contributed by atoms with Gasteiger partial charge in [0.25, 0.3) is 5.56 Å². The van der Waals surface area contributed by atoms with Gasteiger partial charge in [0, 0.05) is 0 Å². The van der Waals surface area contributed by atoms with Gasteiger partial charge in [-0.2, -0.15) is 0 Å². The van der Waals surface area contributed by atoms with E-state index in [1.54, 1.807) is 0 Å². The highest BCUT2D eigenvalue weighted by Gasteiger charge is 2.10. The van der Waals surface area contributed by atoms with Crippen molar-refractivity contribution < 1.29 is 0 Å². The van der Waals surface area contributed by atoms with Gasteiger partial charge in [0.15, 0.2) is 5.52 Å². The van der Waals surface area contributed by atoms with Crippen LogP contribution in [0.4, 0.5) is 0 Å². The molecule has 0 aliphatic rings. The first-order valence-corrected chi connectivity index (χ1v) is 4.26. The molecule has 6 nitrogen and oxygen atoms in total. The molecule has 0 fully saturated rings. The van der Waals surface area contributed by atoms with Crippen LogP contribution in [-0.2, 0) is 0 Å². The Hall–Kier alpha value is -1.85. The molecule has 0 bridgehead atoms. The fourth-order valence-corrected chi connectivity index (χ4v) is 1.25. The van der Waals surface area contributed by atoms with Crippen LogP contribution in [0.1, 0.15) is 25.5 Å². The Labute approximate surface area is 79.4 Å². The van der Waals surface area contributed by atoms with Crippen LogP contribution in [0.25, 0.3) is 11.0 Å². The van der Waals surface area contributed by atoms with E-state index in [-0.39, 0.29) is 11.5 Å². The Morgan fingerprint density at radius 1 is 1.29 bits per heavy atom. The summed E-state index contributed by atoms with van der Waals surface area (Å²) >= 11 is 0. The molecule has 0 spiro atoms. The molecule has 2 rings (SSSR count). The van der Waals surface area contributed by atoms with Crippen LogP contribution in [0, 0.1) is 0 Å². The van der Waals surface area contributed by atoms with Crippen molar-refractivity contribution in [1.82, 2.24) is 25.4 Å². The highest BCUT2D eigenvalue weighted by Crippen LogP contribution is 2.16. The third-order valence-electron chi connectivity index (χ3n) is 1.91. The topological polar surface area (TPSA) is 84.4 Å². The van der Waals surface area contributed by atoms with E-state index in [1.807, 2.05) is 13.8 Å². The van der Waals surface area contributed by atoms with Gasteiger partial charge in [-0.3, -0.25) is 4.79 Å². The van der Waals surface area contributed by atoms with Gasteiger partial charge >= 0.3 is 0 Å². The monoisotopic (exact) mass is 191 g/mol. The lowest BCUT2D eigenvalue weighted by atomic mass is 10.1. The van der Waals surface area contributed by atoms with Crippen molar-refractivity contribution in [2.45, 2.75) is 19.8 Å². The molecule has 14 heavy (non-hydrogen) atoms. The molecule has 0 aliphatic carbocycles. The molecule has 0 amide bonds. The molecule has 72 valence electrons. The van der Waals surface area contributed by atoms with Crippen molar-refractivity contribution in [2.75, 3.05) is 0 Å². The first-order chi connectivity index (χ1) is 6.70. The number of aromatic nitrogens is 5. The van der Waals surface area contributed by atoms with Crippen LogP contribution in [0.2, 0.25) is 0 Å². The van der Waals surface area contributed by atoms with Crippen LogP contribution in [0.3, 0.4) is 0 Å². The van der Waals surface area contributed by atoms with Gasteiger partial charge in [0.1, 0.15) is 11.8 Å². The number of nitrogens with zero attached hydrogens (tertiary/aromatic N) is 4. The number of nitrogens with one attached hydrogen (secondary N) is 1. The van der Waals surface area contributed by atoms with Crippen molar-refractivity contribution in [3.8, 4) is 0 Å². The van der Waals surface area contributed by atoms with E-state index in [1.165, 1.54) is 6.33 Å². The van der Waals surface area contributed by atoms with Crippen molar-refractivity contribution in [3.05, 3.63) is 22.4 Å². The fourth-order valence-electron chi connectivity index (χ4n) is 1.25. The quantitative estimate of drug-likeness (QED) is 0.697. The molecule has 0 saturated carbocycles. The fraction of sp³-hybridized carbons (Fsp3) is 0.375. The lowest BCUT2D eigenvalue weighted by Crippen LogP contribution is -2.13. The average Bonchev–Trinajstić information content (AvgIpc) is 2.17. The van der Waals surface area contributed by atoms with E-state index in [4.69, 9.17) is 0 Å². The normalized spacial score (nSPS) is 11.1. The minimum atomic E-state index is -0.334. The predicted molar refractivity (Wildman–Crippen MR) is 49.8 cm³/mol. The van der Waals surface area contributed by atoms with Crippen molar-refractivity contribution in [1.29, 1.82) is 0 Å². The molecular formula is C8H9N5O. The Morgan fingerprint density at radius 3 is 2.79 bits per heavy atom. The summed E-state index contributed by atoms with van der Waals surface area (Å²) in [6.45, 7) is 3.95. The van der Waals surface area contributed by atoms with Gasteiger partial charge in [-0.25, -0.2) is 15.1 Å². The van der Waals surface area contributed by atoms with Crippen molar-refractivity contribution in [3.63, 3.8) is 0 Å². The third-order valence-corrected chi connectivity index (χ3v) is 1.91. The Balaban J connectivity index is 2.88. The minimum absolute atomic E-state index is 0.191. The molecule has 0 aliphatic heterocycles. The van der Waals surface area contributed by atoms with Gasteiger partial charge < -0.3 is 0 Å². The SMILES string of the molecule is CC(C)c1ncnc2c(=O)[nH]nnc12. The van der Waals surface area contributed by atoms with Crippen LogP contribution in [-0.4, -0.2) is 25.4 Å². The summed E-state index contributed by atoms with van der Waals surface area (Å²) in [7, 11) is 0. The molecule has 2 aromatic heterocycles. The Morgan fingerprint density at radius 2 is 2.07 bits per heavy atom. The molecule has 2 heterocycles. The van der Waals surface area contributed by atoms with Crippen LogP contribution >= 0.6 is 0 Å². The smallest absolute Gasteiger partial charge is 0.265 e. The van der Waals surface area contributed by atoms with Crippen molar-refractivity contribution in [2.24, 2.45) is 0 Å². The van der Waals surface area contributed by atoms with E-state index >= 15 is 0 Å². The summed E-state index contributed by atoms with van der Waals surface area (Å²) in [4.78, 5) is 19.3. The highest BCUT2D eigenvalue weighted by atomic mass is 16.1. The summed E-state index contributed by atoms with van der Waals surface area (Å²) in [5.41, 5.74) is 1.18. The average molecular weight is 191 g/mol. The van der Waals surface area contributed by atoms with E-state index in [0.29, 0.717) is 11.0 Å². The zero-order valence-electron chi connectivity index (χ0n) is 7.85. The van der Waals surface area contributed by atoms with Gasteiger partial charge in [0.2, 0.25) is 0 Å². The second kappa shape index (κ2) is 3.13. The second-order valence-electron chi connectivity index (χ2n) is 3.25. The summed E-state index contributed by atoms with van der Waals surface area (Å²) in [6.07, 6.45) is 1.37. The van der Waals surface area contributed by atoms with E-state index < -0.39 is 0 Å². The number of H-pyrrole nitrogens is 1. The molecule has 0 atom stereocenters. The zero-order chi connectivity index (χ0) is 10.1. The largest absolute Gasteiger partial charge is 0.293 e. The molecular weight excluding hydrogens is 182 g/mol.